The number of amides is 1. The van der Waals surface area contributed by atoms with E-state index in [2.05, 4.69) is 4.72 Å². The van der Waals surface area contributed by atoms with Crippen LogP contribution in [0.5, 0.6) is 11.5 Å². The summed E-state index contributed by atoms with van der Waals surface area (Å²) < 4.78 is 63.3. The molecule has 0 bridgehead atoms. The van der Waals surface area contributed by atoms with Crippen molar-refractivity contribution >= 4 is 31.6 Å². The van der Waals surface area contributed by atoms with Crippen molar-refractivity contribution in [3.05, 3.63) is 48.0 Å². The van der Waals surface area contributed by atoms with E-state index in [1.165, 1.54) is 18.2 Å². The highest BCUT2D eigenvalue weighted by Gasteiger charge is 2.36. The third-order valence-corrected chi connectivity index (χ3v) is 7.79. The second-order valence-electron chi connectivity index (χ2n) is 6.60. The zero-order valence-corrected chi connectivity index (χ0v) is 18.1. The quantitative estimate of drug-likeness (QED) is 0.599. The maximum Gasteiger partial charge on any atom is 0.242 e. The van der Waals surface area contributed by atoms with Crippen LogP contribution in [0.3, 0.4) is 0 Å². The predicted molar refractivity (Wildman–Crippen MR) is 111 cm³/mol. The first-order chi connectivity index (χ1) is 14.1. The number of sulfonamides is 2. The molecule has 0 atom stereocenters. The molecule has 0 aliphatic carbocycles. The monoisotopic (exact) mass is 454 g/mol. The fraction of sp³-hybridized carbons (Fsp3) is 0.316. The second kappa shape index (κ2) is 8.62. The number of benzene rings is 2. The summed E-state index contributed by atoms with van der Waals surface area (Å²) in [5, 5.41) is 0. The van der Waals surface area contributed by atoms with Gasteiger partial charge in [-0.3, -0.25) is 4.79 Å². The second-order valence-corrected chi connectivity index (χ2v) is 10.3. The number of carbonyl (C=O) groups is 1. The summed E-state index contributed by atoms with van der Waals surface area (Å²) >= 11 is 0. The van der Waals surface area contributed by atoms with Gasteiger partial charge >= 0.3 is 0 Å². The number of anilines is 1. The third-order valence-electron chi connectivity index (χ3n) is 4.50. The number of carbonyl (C=O) groups excluding carboxylic acids is 1. The lowest BCUT2D eigenvalue weighted by Gasteiger charge is -2.17. The van der Waals surface area contributed by atoms with Crippen molar-refractivity contribution < 1.29 is 31.1 Å². The van der Waals surface area contributed by atoms with Gasteiger partial charge in [-0.25, -0.2) is 25.9 Å². The highest BCUT2D eigenvalue weighted by atomic mass is 32.2. The van der Waals surface area contributed by atoms with Crippen LogP contribution in [0.15, 0.2) is 47.4 Å². The van der Waals surface area contributed by atoms with Gasteiger partial charge in [-0.05, 0) is 48.9 Å². The summed E-state index contributed by atoms with van der Waals surface area (Å²) in [5.74, 6) is 0.369. The van der Waals surface area contributed by atoms with Crippen molar-refractivity contribution in [2.45, 2.75) is 18.2 Å². The minimum absolute atomic E-state index is 0.00102. The third kappa shape index (κ3) is 4.74. The molecule has 2 aromatic carbocycles. The fourth-order valence-corrected chi connectivity index (χ4v) is 5.69. The molecule has 1 heterocycles. The van der Waals surface area contributed by atoms with E-state index in [0.29, 0.717) is 21.4 Å². The number of nitrogens with zero attached hydrogens (tertiary/aromatic N) is 1. The Balaban J connectivity index is 1.70. The maximum atomic E-state index is 12.7. The molecule has 1 aliphatic heterocycles. The van der Waals surface area contributed by atoms with E-state index in [-0.39, 0.29) is 35.9 Å². The van der Waals surface area contributed by atoms with Crippen LogP contribution >= 0.6 is 0 Å². The number of methoxy groups -OCH3 is 1. The normalized spacial score (nSPS) is 15.9. The van der Waals surface area contributed by atoms with Crippen LogP contribution in [0.2, 0.25) is 0 Å². The number of hydrogen-bond acceptors (Lipinski definition) is 7. The van der Waals surface area contributed by atoms with Gasteiger partial charge in [-0.15, -0.1) is 0 Å². The summed E-state index contributed by atoms with van der Waals surface area (Å²) in [4.78, 5) is 11.9. The minimum Gasteiger partial charge on any atom is -0.497 e. The van der Waals surface area contributed by atoms with Crippen molar-refractivity contribution in [2.24, 2.45) is 0 Å². The predicted octanol–water partition coefficient (Wildman–Crippen LogP) is 1.43. The molecule has 11 heteroatoms. The molecule has 1 saturated heterocycles. The Morgan fingerprint density at radius 2 is 1.77 bits per heavy atom. The number of rotatable bonds is 8. The molecule has 30 heavy (non-hydrogen) atoms. The first kappa shape index (κ1) is 22.1. The van der Waals surface area contributed by atoms with Crippen LogP contribution in [-0.2, 0) is 24.8 Å². The molecule has 0 unspecified atom stereocenters. The Morgan fingerprint density at radius 3 is 2.37 bits per heavy atom. The molecule has 3 rings (SSSR count). The van der Waals surface area contributed by atoms with Crippen LogP contribution in [0, 0.1) is 6.92 Å². The Bertz CT molecular complexity index is 1140. The lowest BCUT2D eigenvalue weighted by Crippen LogP contribution is -2.31. The molecule has 1 aliphatic rings. The van der Waals surface area contributed by atoms with Gasteiger partial charge in [0.2, 0.25) is 26.0 Å². The van der Waals surface area contributed by atoms with Crippen molar-refractivity contribution in [2.75, 3.05) is 30.3 Å². The highest BCUT2D eigenvalue weighted by molar-refractivity contribution is 7.94. The van der Waals surface area contributed by atoms with Gasteiger partial charge in [0.05, 0.1) is 23.4 Å². The van der Waals surface area contributed by atoms with E-state index < -0.39 is 26.0 Å². The molecule has 0 saturated carbocycles. The molecule has 162 valence electrons. The maximum absolute atomic E-state index is 12.7. The largest absolute Gasteiger partial charge is 0.497 e. The Kier molecular flexibility index (Phi) is 6.34. The average molecular weight is 455 g/mol. The summed E-state index contributed by atoms with van der Waals surface area (Å²) in [6, 6.07) is 10.9. The average Bonchev–Trinajstić information content (AvgIpc) is 2.98. The SMILES string of the molecule is COc1ccc(OCCNS(=O)(=O)c2cc(N3C(=O)CCS3(=O)=O)ccc2C)cc1. The molecule has 1 amide bonds. The molecule has 1 fully saturated rings. The van der Waals surface area contributed by atoms with Gasteiger partial charge in [0.15, 0.2) is 0 Å². The zero-order valence-electron chi connectivity index (χ0n) is 16.5. The smallest absolute Gasteiger partial charge is 0.242 e. The molecular weight excluding hydrogens is 432 g/mol. The van der Waals surface area contributed by atoms with Crippen LogP contribution < -0.4 is 18.5 Å². The summed E-state index contributed by atoms with van der Waals surface area (Å²) in [6.45, 7) is 1.68. The molecule has 1 N–H and O–H groups in total. The number of aryl methyl sites for hydroxylation is 1. The minimum atomic E-state index is -3.95. The number of ether oxygens (including phenoxy) is 2. The van der Waals surface area contributed by atoms with E-state index in [1.54, 1.807) is 38.3 Å². The van der Waals surface area contributed by atoms with Gasteiger partial charge in [0.25, 0.3) is 0 Å². The number of hydrogen-bond donors (Lipinski definition) is 1. The molecule has 2 aromatic rings. The Labute approximate surface area is 175 Å². The lowest BCUT2D eigenvalue weighted by atomic mass is 10.2. The standard InChI is InChI=1S/C19H22N2O7S2/c1-14-3-4-15(21-19(22)9-12-29(21,23)24)13-18(14)30(25,26)20-10-11-28-17-7-5-16(27-2)6-8-17/h3-8,13,20H,9-12H2,1-2H3. The Hall–Kier alpha value is -2.63. The first-order valence-corrected chi connectivity index (χ1v) is 12.2. The van der Waals surface area contributed by atoms with Gasteiger partial charge < -0.3 is 9.47 Å². The first-order valence-electron chi connectivity index (χ1n) is 9.07. The Morgan fingerprint density at radius 1 is 1.10 bits per heavy atom. The summed E-state index contributed by atoms with van der Waals surface area (Å²) in [6.07, 6.45) is -0.126. The van der Waals surface area contributed by atoms with Crippen molar-refractivity contribution in [3.8, 4) is 11.5 Å². The van der Waals surface area contributed by atoms with Crippen LogP contribution in [-0.4, -0.2) is 48.8 Å². The van der Waals surface area contributed by atoms with Crippen LogP contribution in [0.25, 0.3) is 0 Å². The van der Waals surface area contributed by atoms with Gasteiger partial charge in [0.1, 0.15) is 18.1 Å². The van der Waals surface area contributed by atoms with E-state index in [4.69, 9.17) is 9.47 Å². The van der Waals surface area contributed by atoms with Crippen molar-refractivity contribution in [1.82, 2.24) is 4.72 Å². The van der Waals surface area contributed by atoms with Crippen LogP contribution in [0.4, 0.5) is 5.69 Å². The fourth-order valence-electron chi connectivity index (χ4n) is 2.97. The molecule has 0 aromatic heterocycles. The van der Waals surface area contributed by atoms with Gasteiger partial charge in [-0.2, -0.15) is 0 Å². The van der Waals surface area contributed by atoms with Crippen molar-refractivity contribution in [3.63, 3.8) is 0 Å². The van der Waals surface area contributed by atoms with Gasteiger partial charge in [0, 0.05) is 13.0 Å². The van der Waals surface area contributed by atoms with Crippen molar-refractivity contribution in [1.29, 1.82) is 0 Å². The zero-order chi connectivity index (χ0) is 21.9. The highest BCUT2D eigenvalue weighted by Crippen LogP contribution is 2.29. The van der Waals surface area contributed by atoms with E-state index >= 15 is 0 Å². The lowest BCUT2D eigenvalue weighted by molar-refractivity contribution is -0.116. The van der Waals surface area contributed by atoms with E-state index in [0.717, 1.165) is 0 Å². The molecule has 0 radical (unpaired) electrons. The van der Waals surface area contributed by atoms with E-state index in [1.807, 2.05) is 0 Å². The van der Waals surface area contributed by atoms with E-state index in [9.17, 15) is 21.6 Å². The van der Waals surface area contributed by atoms with Gasteiger partial charge in [-0.1, -0.05) is 6.07 Å². The number of nitrogens with one attached hydrogen (secondary N) is 1. The molecule has 0 spiro atoms. The summed E-state index contributed by atoms with van der Waals surface area (Å²) in [5.41, 5.74) is 0.435. The molecule has 9 nitrogen and oxygen atoms in total. The van der Waals surface area contributed by atoms with Crippen LogP contribution in [0.1, 0.15) is 12.0 Å². The summed E-state index contributed by atoms with van der Waals surface area (Å²) in [7, 11) is -6.17. The molecular formula is C19H22N2O7S2. The topological polar surface area (TPSA) is 119 Å².